The van der Waals surface area contributed by atoms with Crippen LogP contribution in [0.1, 0.15) is 12.8 Å². The van der Waals surface area contributed by atoms with Gasteiger partial charge in [0.1, 0.15) is 11.5 Å². The number of amides is 2. The molecule has 0 saturated heterocycles. The summed E-state index contributed by atoms with van der Waals surface area (Å²) in [5.74, 6) is 0.874. The maximum absolute atomic E-state index is 12.1. The number of anilines is 2. The summed E-state index contributed by atoms with van der Waals surface area (Å²) in [6.45, 7) is 0. The molecule has 0 fully saturated rings. The molecule has 2 N–H and O–H groups in total. The molecule has 2 atom stereocenters. The first-order valence-electron chi connectivity index (χ1n) is 7.84. The number of ether oxygens (including phenoxy) is 2. The van der Waals surface area contributed by atoms with Crippen molar-refractivity contribution < 1.29 is 19.1 Å². The van der Waals surface area contributed by atoms with Crippen LogP contribution in [0.4, 0.5) is 11.4 Å². The van der Waals surface area contributed by atoms with Crippen molar-refractivity contribution in [2.45, 2.75) is 25.0 Å². The maximum atomic E-state index is 12.1. The number of carbonyl (C=O) groups is 2. The van der Waals surface area contributed by atoms with E-state index in [1.165, 1.54) is 0 Å². The van der Waals surface area contributed by atoms with Crippen LogP contribution in [0, 0.1) is 0 Å². The minimum absolute atomic E-state index is 0.203. The van der Waals surface area contributed by atoms with E-state index in [0.717, 1.165) is 0 Å². The molecule has 0 aromatic heterocycles. The Morgan fingerprint density at radius 1 is 0.708 bits per heavy atom. The Hall–Kier alpha value is -3.02. The fourth-order valence-corrected chi connectivity index (χ4v) is 2.87. The van der Waals surface area contributed by atoms with Gasteiger partial charge in [0, 0.05) is 0 Å². The van der Waals surface area contributed by atoms with Crippen molar-refractivity contribution in [3.63, 3.8) is 0 Å². The largest absolute Gasteiger partial charge is 0.478 e. The van der Waals surface area contributed by atoms with E-state index in [1.54, 1.807) is 12.1 Å². The van der Waals surface area contributed by atoms with Crippen LogP contribution in [0.5, 0.6) is 11.5 Å². The predicted octanol–water partition coefficient (Wildman–Crippen LogP) is 2.57. The van der Waals surface area contributed by atoms with Gasteiger partial charge >= 0.3 is 0 Å². The normalized spacial score (nSPS) is 21.5. The van der Waals surface area contributed by atoms with Crippen LogP contribution in [-0.2, 0) is 9.59 Å². The average molecular weight is 324 g/mol. The highest BCUT2D eigenvalue weighted by Gasteiger charge is 2.32. The molecular formula is C18H16N2O4. The highest BCUT2D eigenvalue weighted by atomic mass is 16.5. The minimum atomic E-state index is -0.631. The van der Waals surface area contributed by atoms with E-state index >= 15 is 0 Å². The van der Waals surface area contributed by atoms with Gasteiger partial charge in [-0.15, -0.1) is 0 Å². The van der Waals surface area contributed by atoms with Gasteiger partial charge in [-0.3, -0.25) is 9.59 Å². The zero-order valence-electron chi connectivity index (χ0n) is 12.8. The van der Waals surface area contributed by atoms with Crippen molar-refractivity contribution >= 4 is 23.2 Å². The van der Waals surface area contributed by atoms with E-state index in [4.69, 9.17) is 9.47 Å². The quantitative estimate of drug-likeness (QED) is 0.910. The molecule has 4 rings (SSSR count). The maximum Gasteiger partial charge on any atom is 0.265 e. The van der Waals surface area contributed by atoms with Crippen molar-refractivity contribution in [1.29, 1.82) is 0 Å². The summed E-state index contributed by atoms with van der Waals surface area (Å²) in [5.41, 5.74) is 1.33. The number of para-hydroxylation sites is 4. The zero-order chi connectivity index (χ0) is 16.5. The SMILES string of the molecule is O=C1Nc2ccccc2OC1CCC1Oc2ccccc2NC1=O. The fourth-order valence-electron chi connectivity index (χ4n) is 2.87. The van der Waals surface area contributed by atoms with Crippen molar-refractivity contribution in [2.24, 2.45) is 0 Å². The third-order valence-electron chi connectivity index (χ3n) is 4.10. The van der Waals surface area contributed by atoms with Gasteiger partial charge < -0.3 is 20.1 Å². The molecule has 2 aliphatic rings. The highest BCUT2D eigenvalue weighted by Crippen LogP contribution is 2.32. The number of carbonyl (C=O) groups excluding carboxylic acids is 2. The molecule has 0 radical (unpaired) electrons. The summed E-state index contributed by atoms with van der Waals surface area (Å²) in [5, 5.41) is 5.64. The number of fused-ring (bicyclic) bond motifs is 2. The summed E-state index contributed by atoms with van der Waals surface area (Å²) in [4.78, 5) is 24.3. The van der Waals surface area contributed by atoms with E-state index in [-0.39, 0.29) is 11.8 Å². The Morgan fingerprint density at radius 3 is 1.58 bits per heavy atom. The first-order valence-corrected chi connectivity index (χ1v) is 7.84. The van der Waals surface area contributed by atoms with Crippen LogP contribution in [0.2, 0.25) is 0 Å². The van der Waals surface area contributed by atoms with Gasteiger partial charge in [-0.05, 0) is 37.1 Å². The molecule has 2 amide bonds. The highest BCUT2D eigenvalue weighted by molar-refractivity contribution is 5.99. The monoisotopic (exact) mass is 324 g/mol. The smallest absolute Gasteiger partial charge is 0.265 e. The van der Waals surface area contributed by atoms with E-state index < -0.39 is 12.2 Å². The topological polar surface area (TPSA) is 76.7 Å². The predicted molar refractivity (Wildman–Crippen MR) is 88.2 cm³/mol. The molecule has 6 nitrogen and oxygen atoms in total. The van der Waals surface area contributed by atoms with Crippen LogP contribution in [0.25, 0.3) is 0 Å². The van der Waals surface area contributed by atoms with Crippen LogP contribution >= 0.6 is 0 Å². The van der Waals surface area contributed by atoms with Gasteiger partial charge in [0.25, 0.3) is 11.8 Å². The van der Waals surface area contributed by atoms with Gasteiger partial charge in [0.15, 0.2) is 12.2 Å². The molecule has 0 saturated carbocycles. The van der Waals surface area contributed by atoms with Crippen LogP contribution in [0.3, 0.4) is 0 Å². The van der Waals surface area contributed by atoms with Crippen molar-refractivity contribution in [1.82, 2.24) is 0 Å². The molecule has 2 aromatic rings. The Labute approximate surface area is 138 Å². The lowest BCUT2D eigenvalue weighted by Gasteiger charge is -2.29. The standard InChI is InChI=1S/C18H16N2O4/c21-17-15(23-13-7-3-1-5-11(13)19-17)9-10-16-18(22)20-12-6-2-4-8-14(12)24-16/h1-8,15-16H,9-10H2,(H,19,21)(H,20,22). The summed E-state index contributed by atoms with van der Waals surface area (Å²) >= 11 is 0. The van der Waals surface area contributed by atoms with Crippen LogP contribution in [0.15, 0.2) is 48.5 Å². The van der Waals surface area contributed by atoms with E-state index in [2.05, 4.69) is 10.6 Å². The second-order valence-electron chi connectivity index (χ2n) is 5.76. The third-order valence-corrected chi connectivity index (χ3v) is 4.10. The van der Waals surface area contributed by atoms with Gasteiger partial charge in [-0.25, -0.2) is 0 Å². The van der Waals surface area contributed by atoms with Crippen molar-refractivity contribution in [2.75, 3.05) is 10.6 Å². The number of hydrogen-bond acceptors (Lipinski definition) is 4. The lowest BCUT2D eigenvalue weighted by Crippen LogP contribution is -2.41. The fraction of sp³-hybridized carbons (Fsp3) is 0.222. The van der Waals surface area contributed by atoms with Crippen LogP contribution < -0.4 is 20.1 Å². The number of benzene rings is 2. The summed E-state index contributed by atoms with van der Waals surface area (Å²) in [7, 11) is 0. The van der Waals surface area contributed by atoms with E-state index in [9.17, 15) is 9.59 Å². The second-order valence-corrected chi connectivity index (χ2v) is 5.76. The lowest BCUT2D eigenvalue weighted by molar-refractivity contribution is -0.127. The summed E-state index contributed by atoms with van der Waals surface area (Å²) in [6, 6.07) is 14.6. The average Bonchev–Trinajstić information content (AvgIpc) is 2.60. The van der Waals surface area contributed by atoms with Crippen molar-refractivity contribution in [3.8, 4) is 11.5 Å². The first kappa shape index (κ1) is 14.6. The van der Waals surface area contributed by atoms with Crippen LogP contribution in [-0.4, -0.2) is 24.0 Å². The van der Waals surface area contributed by atoms with Gasteiger partial charge in [-0.1, -0.05) is 24.3 Å². The summed E-state index contributed by atoms with van der Waals surface area (Å²) in [6.07, 6.45) is -0.483. The number of rotatable bonds is 3. The third kappa shape index (κ3) is 2.67. The molecule has 0 aliphatic carbocycles. The molecule has 0 spiro atoms. The molecule has 2 unspecified atom stereocenters. The van der Waals surface area contributed by atoms with Gasteiger partial charge in [-0.2, -0.15) is 0 Å². The molecule has 2 aliphatic heterocycles. The Bertz CT molecular complexity index is 738. The molecular weight excluding hydrogens is 308 g/mol. The van der Waals surface area contributed by atoms with Gasteiger partial charge in [0.05, 0.1) is 11.4 Å². The lowest BCUT2D eigenvalue weighted by atomic mass is 10.1. The second kappa shape index (κ2) is 5.88. The van der Waals surface area contributed by atoms with Crippen molar-refractivity contribution in [3.05, 3.63) is 48.5 Å². The van der Waals surface area contributed by atoms with Gasteiger partial charge in [0.2, 0.25) is 0 Å². The minimum Gasteiger partial charge on any atom is -0.478 e. The van der Waals surface area contributed by atoms with E-state index in [0.29, 0.717) is 35.7 Å². The number of nitrogens with one attached hydrogen (secondary N) is 2. The molecule has 122 valence electrons. The van der Waals surface area contributed by atoms with E-state index in [1.807, 2.05) is 36.4 Å². The molecule has 6 heteroatoms. The molecule has 2 heterocycles. The Balaban J connectivity index is 1.42. The Kier molecular flexibility index (Phi) is 3.57. The molecule has 0 bridgehead atoms. The Morgan fingerprint density at radius 2 is 1.12 bits per heavy atom. The summed E-state index contributed by atoms with van der Waals surface area (Å²) < 4.78 is 11.5. The first-order chi connectivity index (χ1) is 11.7. The molecule has 2 aromatic carbocycles. The molecule has 24 heavy (non-hydrogen) atoms. The number of hydrogen-bond donors (Lipinski definition) is 2. The zero-order valence-corrected chi connectivity index (χ0v) is 12.8.